The van der Waals surface area contributed by atoms with Gasteiger partial charge < -0.3 is 10.1 Å². The van der Waals surface area contributed by atoms with Crippen LogP contribution >= 0.6 is 11.8 Å². The zero-order chi connectivity index (χ0) is 13.9. The maximum atomic E-state index is 11.8. The second-order valence-electron chi connectivity index (χ2n) is 5.02. The summed E-state index contributed by atoms with van der Waals surface area (Å²) in [6, 6.07) is -0.304. The molecule has 0 spiro atoms. The number of amides is 3. The largest absolute Gasteiger partial charge is 0.469 e. The molecule has 0 aromatic carbocycles. The van der Waals surface area contributed by atoms with Crippen molar-refractivity contribution < 1.29 is 19.1 Å². The Kier molecular flexibility index (Phi) is 4.34. The monoisotopic (exact) mass is 286 g/mol. The summed E-state index contributed by atoms with van der Waals surface area (Å²) in [7, 11) is 1.39. The quantitative estimate of drug-likeness (QED) is 0.724. The molecule has 0 bridgehead atoms. The summed E-state index contributed by atoms with van der Waals surface area (Å²) in [6.45, 7) is 0.979. The first kappa shape index (κ1) is 14.2. The average molecular weight is 286 g/mol. The van der Waals surface area contributed by atoms with E-state index in [1.165, 1.54) is 23.8 Å². The summed E-state index contributed by atoms with van der Waals surface area (Å²) in [6.07, 6.45) is 2.44. The van der Waals surface area contributed by atoms with Gasteiger partial charge in [0.05, 0.1) is 19.3 Å². The molecule has 2 fully saturated rings. The van der Waals surface area contributed by atoms with E-state index in [0.29, 0.717) is 19.5 Å². The molecule has 6 nitrogen and oxygen atoms in total. The Labute approximate surface area is 116 Å². The Bertz CT molecular complexity index is 395. The van der Waals surface area contributed by atoms with E-state index in [1.807, 2.05) is 0 Å². The molecule has 0 aromatic heterocycles. The van der Waals surface area contributed by atoms with E-state index < -0.39 is 0 Å². The number of carbonyl (C=O) groups is 3. The maximum absolute atomic E-state index is 11.8. The van der Waals surface area contributed by atoms with Gasteiger partial charge in [0, 0.05) is 13.1 Å². The van der Waals surface area contributed by atoms with Crippen LogP contribution in [0.1, 0.15) is 19.3 Å². The highest BCUT2D eigenvalue weighted by Gasteiger charge is 2.44. The van der Waals surface area contributed by atoms with Gasteiger partial charge in [-0.3, -0.25) is 14.5 Å². The number of thioether (sulfide) groups is 1. The highest BCUT2D eigenvalue weighted by atomic mass is 32.2. The van der Waals surface area contributed by atoms with Gasteiger partial charge in [0.25, 0.3) is 0 Å². The van der Waals surface area contributed by atoms with E-state index >= 15 is 0 Å². The lowest BCUT2D eigenvalue weighted by Crippen LogP contribution is -2.35. The normalized spacial score (nSPS) is 20.1. The summed E-state index contributed by atoms with van der Waals surface area (Å²) < 4.78 is 4.67. The lowest BCUT2D eigenvalue weighted by Gasteiger charge is -2.15. The van der Waals surface area contributed by atoms with Gasteiger partial charge in [0.2, 0.25) is 5.91 Å². The minimum Gasteiger partial charge on any atom is -0.469 e. The molecule has 1 aliphatic carbocycles. The summed E-state index contributed by atoms with van der Waals surface area (Å²) in [5, 5.41) is 2.60. The van der Waals surface area contributed by atoms with Crippen LogP contribution in [0.15, 0.2) is 0 Å². The van der Waals surface area contributed by atoms with Crippen LogP contribution in [0.3, 0.4) is 0 Å². The number of nitrogens with one attached hydrogen (secondary N) is 1. The molecule has 1 saturated heterocycles. The van der Waals surface area contributed by atoms with Gasteiger partial charge in [-0.2, -0.15) is 11.8 Å². The van der Waals surface area contributed by atoms with E-state index in [0.717, 1.165) is 18.6 Å². The standard InChI is InChI=1S/C12H18N2O4S/c1-18-10(16)6-12(2-3-12)8-19-7-9(15)14-5-4-13-11(14)17/h2-8H2,1H3,(H,13,17). The van der Waals surface area contributed by atoms with Gasteiger partial charge in [0.15, 0.2) is 0 Å². The zero-order valence-electron chi connectivity index (χ0n) is 10.9. The Morgan fingerprint density at radius 2 is 2.21 bits per heavy atom. The van der Waals surface area contributed by atoms with Crippen LogP contribution in [-0.4, -0.2) is 54.5 Å². The lowest BCUT2D eigenvalue weighted by molar-refractivity contribution is -0.141. The second kappa shape index (κ2) is 5.81. The van der Waals surface area contributed by atoms with Gasteiger partial charge in [-0.15, -0.1) is 0 Å². The molecule has 0 atom stereocenters. The molecular weight excluding hydrogens is 268 g/mol. The fourth-order valence-electron chi connectivity index (χ4n) is 2.07. The van der Waals surface area contributed by atoms with Crippen molar-refractivity contribution in [3.8, 4) is 0 Å². The minimum absolute atomic E-state index is 0.0192. The van der Waals surface area contributed by atoms with E-state index in [9.17, 15) is 14.4 Å². The predicted molar refractivity (Wildman–Crippen MR) is 70.7 cm³/mol. The highest BCUT2D eigenvalue weighted by molar-refractivity contribution is 8.00. The van der Waals surface area contributed by atoms with E-state index in [4.69, 9.17) is 0 Å². The molecule has 1 heterocycles. The number of hydrogen-bond donors (Lipinski definition) is 1. The molecule has 19 heavy (non-hydrogen) atoms. The number of methoxy groups -OCH3 is 1. The molecule has 1 aliphatic heterocycles. The van der Waals surface area contributed by atoms with Gasteiger partial charge in [0.1, 0.15) is 0 Å². The second-order valence-corrected chi connectivity index (χ2v) is 6.01. The van der Waals surface area contributed by atoms with Gasteiger partial charge in [-0.25, -0.2) is 4.79 Å². The molecule has 7 heteroatoms. The maximum Gasteiger partial charge on any atom is 0.324 e. The first-order valence-corrected chi connectivity index (χ1v) is 7.45. The Balaban J connectivity index is 1.70. The van der Waals surface area contributed by atoms with Crippen LogP contribution in [-0.2, 0) is 14.3 Å². The van der Waals surface area contributed by atoms with Gasteiger partial charge in [-0.1, -0.05) is 0 Å². The van der Waals surface area contributed by atoms with Crippen LogP contribution in [0.5, 0.6) is 0 Å². The lowest BCUT2D eigenvalue weighted by atomic mass is 10.1. The van der Waals surface area contributed by atoms with Crippen LogP contribution in [0.2, 0.25) is 0 Å². The van der Waals surface area contributed by atoms with E-state index in [2.05, 4.69) is 10.1 Å². The summed E-state index contributed by atoms with van der Waals surface area (Å²) >= 11 is 1.49. The van der Waals surface area contributed by atoms with E-state index in [-0.39, 0.29) is 29.1 Å². The Morgan fingerprint density at radius 3 is 2.74 bits per heavy atom. The number of ether oxygens (including phenoxy) is 1. The molecule has 0 unspecified atom stereocenters. The SMILES string of the molecule is COC(=O)CC1(CSCC(=O)N2CCNC2=O)CC1. The molecule has 3 amide bonds. The molecule has 2 aliphatic rings. The van der Waals surface area contributed by atoms with Crippen molar-refractivity contribution in [3.63, 3.8) is 0 Å². The molecular formula is C12H18N2O4S. The van der Waals surface area contributed by atoms with Gasteiger partial charge in [-0.05, 0) is 24.0 Å². The van der Waals surface area contributed by atoms with Crippen molar-refractivity contribution in [2.45, 2.75) is 19.3 Å². The van der Waals surface area contributed by atoms with Crippen LogP contribution in [0.25, 0.3) is 0 Å². The van der Waals surface area contributed by atoms with Crippen LogP contribution < -0.4 is 5.32 Å². The summed E-state index contributed by atoms with van der Waals surface area (Å²) in [4.78, 5) is 35.6. The zero-order valence-corrected chi connectivity index (χ0v) is 11.8. The summed E-state index contributed by atoms with van der Waals surface area (Å²) in [5.74, 6) is 0.705. The Morgan fingerprint density at radius 1 is 1.47 bits per heavy atom. The minimum atomic E-state index is -0.304. The van der Waals surface area contributed by atoms with Crippen molar-refractivity contribution in [3.05, 3.63) is 0 Å². The third-order valence-electron chi connectivity index (χ3n) is 3.50. The third kappa shape index (κ3) is 3.62. The fourth-order valence-corrected chi connectivity index (χ4v) is 3.33. The number of nitrogens with zero attached hydrogens (tertiary/aromatic N) is 1. The fraction of sp³-hybridized carbons (Fsp3) is 0.750. The number of rotatable bonds is 6. The number of imide groups is 1. The number of urea groups is 1. The first-order chi connectivity index (χ1) is 9.06. The highest BCUT2D eigenvalue weighted by Crippen LogP contribution is 2.51. The van der Waals surface area contributed by atoms with Crippen molar-refractivity contribution in [1.82, 2.24) is 10.2 Å². The van der Waals surface area contributed by atoms with Crippen LogP contribution in [0.4, 0.5) is 4.79 Å². The number of carbonyl (C=O) groups excluding carboxylic acids is 3. The smallest absolute Gasteiger partial charge is 0.324 e. The van der Waals surface area contributed by atoms with Crippen molar-refractivity contribution in [2.24, 2.45) is 5.41 Å². The van der Waals surface area contributed by atoms with Crippen molar-refractivity contribution in [1.29, 1.82) is 0 Å². The van der Waals surface area contributed by atoms with Gasteiger partial charge >= 0.3 is 12.0 Å². The molecule has 0 radical (unpaired) electrons. The van der Waals surface area contributed by atoms with Crippen LogP contribution in [0, 0.1) is 5.41 Å². The molecule has 1 saturated carbocycles. The summed E-state index contributed by atoms with van der Waals surface area (Å²) in [5.41, 5.74) is 0.0192. The van der Waals surface area contributed by atoms with Crippen molar-refractivity contribution in [2.75, 3.05) is 31.7 Å². The molecule has 2 rings (SSSR count). The average Bonchev–Trinajstić information content (AvgIpc) is 2.99. The molecule has 1 N–H and O–H groups in total. The first-order valence-electron chi connectivity index (χ1n) is 6.29. The third-order valence-corrected chi connectivity index (χ3v) is 4.76. The molecule has 0 aromatic rings. The van der Waals surface area contributed by atoms with E-state index in [1.54, 1.807) is 0 Å². The number of hydrogen-bond acceptors (Lipinski definition) is 5. The molecule has 106 valence electrons. The number of esters is 1. The van der Waals surface area contributed by atoms with Crippen molar-refractivity contribution >= 4 is 29.7 Å². The Hall–Kier alpha value is -1.24. The topological polar surface area (TPSA) is 75.7 Å². The predicted octanol–water partition coefficient (Wildman–Crippen LogP) is 0.615.